The SMILES string of the molecule is C[C@@H](c1ccccc1)N1CC(F)C(C2(NC(=O)OC(C)(C)C)CCC2)C1. The second-order valence-electron chi connectivity index (χ2n) is 8.80. The van der Waals surface area contributed by atoms with Crippen molar-refractivity contribution in [3.8, 4) is 0 Å². The molecule has 3 rings (SSSR count). The molecule has 2 aliphatic rings. The molecule has 2 unspecified atom stereocenters. The number of rotatable bonds is 4. The van der Waals surface area contributed by atoms with Gasteiger partial charge in [-0.3, -0.25) is 4.90 Å². The minimum Gasteiger partial charge on any atom is -0.444 e. The summed E-state index contributed by atoms with van der Waals surface area (Å²) in [6.45, 7) is 8.73. The van der Waals surface area contributed by atoms with E-state index in [0.717, 1.165) is 19.3 Å². The summed E-state index contributed by atoms with van der Waals surface area (Å²) in [6.07, 6.45) is 1.30. The predicted molar refractivity (Wildman–Crippen MR) is 101 cm³/mol. The van der Waals surface area contributed by atoms with Gasteiger partial charge in [0.25, 0.3) is 0 Å². The monoisotopic (exact) mass is 362 g/mol. The van der Waals surface area contributed by atoms with Crippen molar-refractivity contribution in [1.82, 2.24) is 10.2 Å². The van der Waals surface area contributed by atoms with Crippen LogP contribution in [0.4, 0.5) is 9.18 Å². The molecule has 1 aromatic carbocycles. The van der Waals surface area contributed by atoms with E-state index in [0.29, 0.717) is 13.1 Å². The first-order valence-electron chi connectivity index (χ1n) is 9.64. The molecule has 26 heavy (non-hydrogen) atoms. The molecule has 1 amide bonds. The van der Waals surface area contributed by atoms with Gasteiger partial charge in [-0.2, -0.15) is 0 Å². The lowest BCUT2D eigenvalue weighted by Crippen LogP contribution is -2.61. The molecule has 0 spiro atoms. The molecule has 5 heteroatoms. The molecule has 2 fully saturated rings. The van der Waals surface area contributed by atoms with Gasteiger partial charge in [0.1, 0.15) is 11.8 Å². The highest BCUT2D eigenvalue weighted by atomic mass is 19.1. The van der Waals surface area contributed by atoms with Crippen molar-refractivity contribution in [3.05, 3.63) is 35.9 Å². The molecule has 0 bridgehead atoms. The summed E-state index contributed by atoms with van der Waals surface area (Å²) in [5, 5.41) is 3.03. The fraction of sp³-hybridized carbons (Fsp3) is 0.667. The van der Waals surface area contributed by atoms with Crippen LogP contribution in [0.1, 0.15) is 58.6 Å². The van der Waals surface area contributed by atoms with Crippen LogP contribution in [0.3, 0.4) is 0 Å². The highest BCUT2D eigenvalue weighted by molar-refractivity contribution is 5.69. The fourth-order valence-corrected chi connectivity index (χ4v) is 4.23. The van der Waals surface area contributed by atoms with Crippen molar-refractivity contribution >= 4 is 6.09 Å². The highest BCUT2D eigenvalue weighted by Gasteiger charge is 2.53. The van der Waals surface area contributed by atoms with E-state index in [2.05, 4.69) is 29.3 Å². The zero-order chi connectivity index (χ0) is 18.9. The first-order valence-corrected chi connectivity index (χ1v) is 9.64. The third-order valence-electron chi connectivity index (χ3n) is 5.81. The van der Waals surface area contributed by atoms with E-state index in [1.807, 2.05) is 39.0 Å². The molecule has 1 aromatic rings. The molecule has 144 valence electrons. The molecule has 1 saturated carbocycles. The third-order valence-corrected chi connectivity index (χ3v) is 5.81. The molecule has 4 nitrogen and oxygen atoms in total. The zero-order valence-corrected chi connectivity index (χ0v) is 16.3. The minimum absolute atomic E-state index is 0.165. The number of hydrogen-bond acceptors (Lipinski definition) is 3. The lowest BCUT2D eigenvalue weighted by atomic mass is 9.67. The maximum Gasteiger partial charge on any atom is 0.408 e. The highest BCUT2D eigenvalue weighted by Crippen LogP contribution is 2.45. The van der Waals surface area contributed by atoms with E-state index in [9.17, 15) is 9.18 Å². The number of alkyl carbamates (subject to hydrolysis) is 1. The number of benzene rings is 1. The van der Waals surface area contributed by atoms with Crippen LogP contribution in [0.2, 0.25) is 0 Å². The maximum absolute atomic E-state index is 15.0. The van der Waals surface area contributed by atoms with Gasteiger partial charge in [0.2, 0.25) is 0 Å². The van der Waals surface area contributed by atoms with E-state index in [-0.39, 0.29) is 12.0 Å². The number of ether oxygens (including phenoxy) is 1. The van der Waals surface area contributed by atoms with Gasteiger partial charge in [0, 0.05) is 25.0 Å². The summed E-state index contributed by atoms with van der Waals surface area (Å²) in [5.74, 6) is -0.185. The smallest absolute Gasteiger partial charge is 0.408 e. The molecule has 0 radical (unpaired) electrons. The van der Waals surface area contributed by atoms with Crippen LogP contribution in [-0.2, 0) is 4.74 Å². The fourth-order valence-electron chi connectivity index (χ4n) is 4.23. The number of carbonyl (C=O) groups excluding carboxylic acids is 1. The Labute approximate surface area is 156 Å². The molecule has 1 aliphatic heterocycles. The van der Waals surface area contributed by atoms with Crippen LogP contribution >= 0.6 is 0 Å². The van der Waals surface area contributed by atoms with Crippen molar-refractivity contribution in [2.45, 2.75) is 70.3 Å². The summed E-state index contributed by atoms with van der Waals surface area (Å²) in [7, 11) is 0. The standard InChI is InChI=1S/C21H31FN2O2/c1-15(16-9-6-5-7-10-16)24-13-17(18(22)14-24)21(11-8-12-21)23-19(25)26-20(2,3)4/h5-7,9-10,15,17-18H,8,11-14H2,1-4H3,(H,23,25)/t15-,17?,18?/m0/s1. The maximum atomic E-state index is 15.0. The van der Waals surface area contributed by atoms with Crippen LogP contribution in [-0.4, -0.2) is 41.4 Å². The van der Waals surface area contributed by atoms with Gasteiger partial charge >= 0.3 is 6.09 Å². The Morgan fingerprint density at radius 2 is 1.92 bits per heavy atom. The average Bonchev–Trinajstić information content (AvgIpc) is 2.91. The van der Waals surface area contributed by atoms with Crippen molar-refractivity contribution in [1.29, 1.82) is 0 Å². The minimum atomic E-state index is -0.934. The molecular formula is C21H31FN2O2. The van der Waals surface area contributed by atoms with Gasteiger partial charge in [-0.05, 0) is 52.5 Å². The van der Waals surface area contributed by atoms with E-state index >= 15 is 0 Å². The Hall–Kier alpha value is -1.62. The predicted octanol–water partition coefficient (Wildman–Crippen LogP) is 4.46. The molecule has 1 heterocycles. The summed E-state index contributed by atoms with van der Waals surface area (Å²) in [6, 6.07) is 10.4. The van der Waals surface area contributed by atoms with Crippen LogP contribution in [0, 0.1) is 5.92 Å². The summed E-state index contributed by atoms with van der Waals surface area (Å²) in [4.78, 5) is 14.5. The molecule has 3 atom stereocenters. The molecule has 0 aromatic heterocycles. The number of hydrogen-bond donors (Lipinski definition) is 1. The number of carbonyl (C=O) groups is 1. The van der Waals surface area contributed by atoms with E-state index < -0.39 is 23.4 Å². The molecule has 1 N–H and O–H groups in total. The van der Waals surface area contributed by atoms with Gasteiger partial charge in [0.15, 0.2) is 0 Å². The Kier molecular flexibility index (Phi) is 5.29. The van der Waals surface area contributed by atoms with Gasteiger partial charge in [-0.15, -0.1) is 0 Å². The lowest BCUT2D eigenvalue weighted by Gasteiger charge is -2.47. The van der Waals surface area contributed by atoms with E-state index in [1.54, 1.807) is 0 Å². The summed E-state index contributed by atoms with van der Waals surface area (Å²) < 4.78 is 20.4. The number of nitrogens with zero attached hydrogens (tertiary/aromatic N) is 1. The molecule has 1 saturated heterocycles. The second kappa shape index (κ2) is 7.18. The number of alkyl halides is 1. The topological polar surface area (TPSA) is 41.6 Å². The van der Waals surface area contributed by atoms with Crippen LogP contribution in [0.15, 0.2) is 30.3 Å². The quantitative estimate of drug-likeness (QED) is 0.859. The van der Waals surface area contributed by atoms with Crippen molar-refractivity contribution in [2.75, 3.05) is 13.1 Å². The second-order valence-corrected chi connectivity index (χ2v) is 8.80. The Morgan fingerprint density at radius 3 is 2.46 bits per heavy atom. The van der Waals surface area contributed by atoms with Gasteiger partial charge in [-0.25, -0.2) is 9.18 Å². The van der Waals surface area contributed by atoms with Crippen LogP contribution < -0.4 is 5.32 Å². The van der Waals surface area contributed by atoms with E-state index in [4.69, 9.17) is 4.74 Å². The lowest BCUT2D eigenvalue weighted by molar-refractivity contribution is 0.0195. The van der Waals surface area contributed by atoms with Crippen molar-refractivity contribution in [3.63, 3.8) is 0 Å². The zero-order valence-electron chi connectivity index (χ0n) is 16.3. The van der Waals surface area contributed by atoms with Crippen molar-refractivity contribution < 1.29 is 13.9 Å². The molecular weight excluding hydrogens is 331 g/mol. The van der Waals surface area contributed by atoms with Crippen LogP contribution in [0.5, 0.6) is 0 Å². The Bertz CT molecular complexity index is 625. The third kappa shape index (κ3) is 4.03. The Morgan fingerprint density at radius 1 is 1.27 bits per heavy atom. The molecule has 1 aliphatic carbocycles. The van der Waals surface area contributed by atoms with Crippen molar-refractivity contribution in [2.24, 2.45) is 5.92 Å². The Balaban J connectivity index is 1.68. The first kappa shape index (κ1) is 19.2. The number of halogens is 1. The van der Waals surface area contributed by atoms with Gasteiger partial charge in [0.05, 0.1) is 5.54 Å². The van der Waals surface area contributed by atoms with Gasteiger partial charge in [-0.1, -0.05) is 30.3 Å². The van der Waals surface area contributed by atoms with Crippen LogP contribution in [0.25, 0.3) is 0 Å². The first-order chi connectivity index (χ1) is 12.2. The number of nitrogens with one attached hydrogen (secondary N) is 1. The number of amides is 1. The summed E-state index contributed by atoms with van der Waals surface area (Å²) >= 11 is 0. The van der Waals surface area contributed by atoms with Gasteiger partial charge < -0.3 is 10.1 Å². The largest absolute Gasteiger partial charge is 0.444 e. The normalized spacial score (nSPS) is 26.8. The number of likely N-dealkylation sites (tertiary alicyclic amines) is 1. The summed E-state index contributed by atoms with van der Waals surface area (Å²) in [5.41, 5.74) is 0.184. The average molecular weight is 362 g/mol. The van der Waals surface area contributed by atoms with E-state index in [1.165, 1.54) is 5.56 Å².